The lowest BCUT2D eigenvalue weighted by Gasteiger charge is -2.06. The van der Waals surface area contributed by atoms with Crippen LogP contribution < -0.4 is 4.74 Å². The monoisotopic (exact) mass is 240 g/mol. The molecule has 0 radical (unpaired) electrons. The third-order valence-corrected chi connectivity index (χ3v) is 2.86. The van der Waals surface area contributed by atoms with Crippen molar-refractivity contribution in [3.8, 4) is 5.75 Å². The van der Waals surface area contributed by atoms with Crippen molar-refractivity contribution in [2.75, 3.05) is 0 Å². The van der Waals surface area contributed by atoms with Gasteiger partial charge in [-0.2, -0.15) is 8.78 Å². The van der Waals surface area contributed by atoms with Crippen LogP contribution in [0.3, 0.4) is 0 Å². The molecule has 1 aliphatic carbocycles. The van der Waals surface area contributed by atoms with Crippen molar-refractivity contribution in [1.29, 1.82) is 0 Å². The molecule has 4 heteroatoms. The van der Waals surface area contributed by atoms with E-state index in [1.807, 2.05) is 0 Å². The number of ether oxygens (including phenoxy) is 1. The van der Waals surface area contributed by atoms with E-state index in [0.29, 0.717) is 17.9 Å². The number of Topliss-reactive ketones (excluding diaryl/α,β-unsaturated/α-hetero) is 1. The number of alkyl halides is 2. The molecule has 1 aromatic rings. The van der Waals surface area contributed by atoms with Crippen LogP contribution in [-0.4, -0.2) is 12.4 Å². The van der Waals surface area contributed by atoms with Gasteiger partial charge in [-0.25, -0.2) is 0 Å². The predicted octanol–water partition coefficient (Wildman–Crippen LogP) is 3.66. The molecule has 0 saturated heterocycles. The maximum atomic E-state index is 12.0. The molecule has 2 nitrogen and oxygen atoms in total. The standard InChI is InChI=1S/C13H14F2O2/c14-13(15)17-11-3-1-2-10(8-11)12(16)7-6-9-4-5-9/h1-3,8-9,13H,4-7H2. The average Bonchev–Trinajstić information content (AvgIpc) is 3.09. The fourth-order valence-electron chi connectivity index (χ4n) is 1.73. The van der Waals surface area contributed by atoms with Gasteiger partial charge in [-0.15, -0.1) is 0 Å². The van der Waals surface area contributed by atoms with Crippen molar-refractivity contribution in [3.63, 3.8) is 0 Å². The molecular weight excluding hydrogens is 226 g/mol. The van der Waals surface area contributed by atoms with Gasteiger partial charge in [0.1, 0.15) is 5.75 Å². The van der Waals surface area contributed by atoms with E-state index >= 15 is 0 Å². The molecular formula is C13H14F2O2. The van der Waals surface area contributed by atoms with Gasteiger partial charge in [-0.1, -0.05) is 25.0 Å². The summed E-state index contributed by atoms with van der Waals surface area (Å²) in [6.45, 7) is -2.85. The van der Waals surface area contributed by atoms with Crippen molar-refractivity contribution in [2.24, 2.45) is 5.92 Å². The summed E-state index contributed by atoms with van der Waals surface area (Å²) in [4.78, 5) is 11.8. The highest BCUT2D eigenvalue weighted by molar-refractivity contribution is 5.96. The third-order valence-electron chi connectivity index (χ3n) is 2.86. The highest BCUT2D eigenvalue weighted by Crippen LogP contribution is 2.34. The molecule has 1 aliphatic rings. The smallest absolute Gasteiger partial charge is 0.387 e. The average molecular weight is 240 g/mol. The summed E-state index contributed by atoms with van der Waals surface area (Å²) >= 11 is 0. The first-order valence-corrected chi connectivity index (χ1v) is 5.73. The van der Waals surface area contributed by atoms with Crippen LogP contribution in [0.4, 0.5) is 8.78 Å². The van der Waals surface area contributed by atoms with Crippen LogP contribution in [0.25, 0.3) is 0 Å². The summed E-state index contributed by atoms with van der Waals surface area (Å²) in [6, 6.07) is 5.99. The number of carbonyl (C=O) groups excluding carboxylic acids is 1. The van der Waals surface area contributed by atoms with Gasteiger partial charge in [0.15, 0.2) is 5.78 Å². The highest BCUT2D eigenvalue weighted by Gasteiger charge is 2.22. The Balaban J connectivity index is 1.95. The van der Waals surface area contributed by atoms with Gasteiger partial charge in [0.05, 0.1) is 0 Å². The van der Waals surface area contributed by atoms with Crippen LogP contribution in [0.2, 0.25) is 0 Å². The van der Waals surface area contributed by atoms with Gasteiger partial charge in [0, 0.05) is 12.0 Å². The molecule has 1 aromatic carbocycles. The van der Waals surface area contributed by atoms with Gasteiger partial charge < -0.3 is 4.74 Å². The molecule has 2 rings (SSSR count). The van der Waals surface area contributed by atoms with E-state index in [-0.39, 0.29) is 11.5 Å². The second-order valence-corrected chi connectivity index (χ2v) is 4.31. The van der Waals surface area contributed by atoms with E-state index in [9.17, 15) is 13.6 Å². The second-order valence-electron chi connectivity index (χ2n) is 4.31. The van der Waals surface area contributed by atoms with E-state index in [1.165, 1.54) is 25.0 Å². The van der Waals surface area contributed by atoms with Crippen molar-refractivity contribution in [3.05, 3.63) is 29.8 Å². The SMILES string of the molecule is O=C(CCC1CC1)c1cccc(OC(F)F)c1. The Morgan fingerprint density at radius 3 is 2.82 bits per heavy atom. The molecule has 0 spiro atoms. The fraction of sp³-hybridized carbons (Fsp3) is 0.462. The predicted molar refractivity (Wildman–Crippen MR) is 59.4 cm³/mol. The van der Waals surface area contributed by atoms with Crippen LogP contribution in [0.1, 0.15) is 36.0 Å². The molecule has 0 atom stereocenters. The lowest BCUT2D eigenvalue weighted by molar-refractivity contribution is -0.0498. The summed E-state index contributed by atoms with van der Waals surface area (Å²) < 4.78 is 28.3. The molecule has 0 amide bonds. The fourth-order valence-corrected chi connectivity index (χ4v) is 1.73. The Kier molecular flexibility index (Phi) is 3.71. The molecule has 0 bridgehead atoms. The number of benzene rings is 1. The normalized spacial score (nSPS) is 15.0. The number of hydrogen-bond acceptors (Lipinski definition) is 2. The number of hydrogen-bond donors (Lipinski definition) is 0. The topological polar surface area (TPSA) is 26.3 Å². The van der Waals surface area contributed by atoms with Gasteiger partial charge in [0.2, 0.25) is 0 Å². The quantitative estimate of drug-likeness (QED) is 0.709. The van der Waals surface area contributed by atoms with Crippen LogP contribution in [0.15, 0.2) is 24.3 Å². The lowest BCUT2D eigenvalue weighted by atomic mass is 10.0. The molecule has 0 N–H and O–H groups in total. The first kappa shape index (κ1) is 12.0. The Morgan fingerprint density at radius 2 is 2.18 bits per heavy atom. The summed E-state index contributed by atoms with van der Waals surface area (Å²) in [5, 5.41) is 0. The Bertz CT molecular complexity index is 400. The maximum absolute atomic E-state index is 12.0. The molecule has 0 aromatic heterocycles. The summed E-state index contributed by atoms with van der Waals surface area (Å²) in [7, 11) is 0. The van der Waals surface area contributed by atoms with E-state index in [0.717, 1.165) is 6.42 Å². The zero-order valence-electron chi connectivity index (χ0n) is 9.36. The van der Waals surface area contributed by atoms with Crippen LogP contribution in [0.5, 0.6) is 5.75 Å². The highest BCUT2D eigenvalue weighted by atomic mass is 19.3. The summed E-state index contributed by atoms with van der Waals surface area (Å²) in [5.74, 6) is 0.730. The number of halogens is 2. The van der Waals surface area contributed by atoms with Gasteiger partial charge in [-0.05, 0) is 24.5 Å². The second kappa shape index (κ2) is 5.25. The van der Waals surface area contributed by atoms with Crippen LogP contribution in [-0.2, 0) is 0 Å². The molecule has 0 aliphatic heterocycles. The first-order valence-electron chi connectivity index (χ1n) is 5.73. The van der Waals surface area contributed by atoms with E-state index in [1.54, 1.807) is 12.1 Å². The zero-order valence-corrected chi connectivity index (χ0v) is 9.36. The Hall–Kier alpha value is -1.45. The van der Waals surface area contributed by atoms with Crippen molar-refractivity contribution < 1.29 is 18.3 Å². The molecule has 1 saturated carbocycles. The Labute approximate surface area is 98.6 Å². The van der Waals surface area contributed by atoms with E-state index in [2.05, 4.69) is 4.74 Å². The molecule has 0 unspecified atom stereocenters. The minimum Gasteiger partial charge on any atom is -0.435 e. The molecule has 17 heavy (non-hydrogen) atoms. The van der Waals surface area contributed by atoms with Crippen molar-refractivity contribution >= 4 is 5.78 Å². The maximum Gasteiger partial charge on any atom is 0.387 e. The van der Waals surface area contributed by atoms with E-state index < -0.39 is 6.61 Å². The van der Waals surface area contributed by atoms with Crippen LogP contribution >= 0.6 is 0 Å². The molecule has 1 fully saturated rings. The van der Waals surface area contributed by atoms with Crippen LogP contribution in [0, 0.1) is 5.92 Å². The van der Waals surface area contributed by atoms with E-state index in [4.69, 9.17) is 0 Å². The molecule has 0 heterocycles. The summed E-state index contributed by atoms with van der Waals surface area (Å²) in [5.41, 5.74) is 0.448. The zero-order chi connectivity index (χ0) is 12.3. The summed E-state index contributed by atoms with van der Waals surface area (Å²) in [6.07, 6.45) is 3.81. The van der Waals surface area contributed by atoms with Gasteiger partial charge in [0.25, 0.3) is 0 Å². The largest absolute Gasteiger partial charge is 0.435 e. The lowest BCUT2D eigenvalue weighted by Crippen LogP contribution is -2.04. The van der Waals surface area contributed by atoms with Gasteiger partial charge in [-0.3, -0.25) is 4.79 Å². The van der Waals surface area contributed by atoms with Crippen molar-refractivity contribution in [2.45, 2.75) is 32.3 Å². The molecule has 92 valence electrons. The number of carbonyl (C=O) groups is 1. The number of ketones is 1. The number of rotatable bonds is 6. The third kappa shape index (κ3) is 3.80. The minimum absolute atomic E-state index is 0.00313. The Morgan fingerprint density at radius 1 is 1.41 bits per heavy atom. The van der Waals surface area contributed by atoms with Gasteiger partial charge >= 0.3 is 6.61 Å². The first-order chi connectivity index (χ1) is 8.15. The minimum atomic E-state index is -2.85. The van der Waals surface area contributed by atoms with Crippen molar-refractivity contribution in [1.82, 2.24) is 0 Å².